The van der Waals surface area contributed by atoms with Crippen LogP contribution in [0.2, 0.25) is 0 Å². The van der Waals surface area contributed by atoms with E-state index in [0.29, 0.717) is 0 Å². The Balaban J connectivity index is 1.46. The molecule has 0 bridgehead atoms. The molecule has 3 heterocycles. The minimum Gasteiger partial charge on any atom is -0.293 e. The Morgan fingerprint density at radius 3 is 1.82 bits per heavy atom. The summed E-state index contributed by atoms with van der Waals surface area (Å²) in [6.45, 7) is 0. The van der Waals surface area contributed by atoms with Crippen LogP contribution in [0.3, 0.4) is 0 Å². The van der Waals surface area contributed by atoms with Gasteiger partial charge in [-0.05, 0) is 63.7 Å². The highest BCUT2D eigenvalue weighted by Gasteiger charge is 2.28. The van der Waals surface area contributed by atoms with Crippen LogP contribution >= 0.6 is 0 Å². The van der Waals surface area contributed by atoms with Gasteiger partial charge >= 0.3 is 0 Å². The van der Waals surface area contributed by atoms with E-state index < -0.39 is 0 Å². The lowest BCUT2D eigenvalue weighted by atomic mass is 9.91. The van der Waals surface area contributed by atoms with Gasteiger partial charge in [0.15, 0.2) is 0 Å². The van der Waals surface area contributed by atoms with E-state index in [1.54, 1.807) is 0 Å². The number of imidazole rings is 1. The second kappa shape index (κ2) is 8.08. The van der Waals surface area contributed by atoms with Gasteiger partial charge in [-0.25, -0.2) is 0 Å². The molecule has 0 fully saturated rings. The molecule has 0 N–H and O–H groups in total. The van der Waals surface area contributed by atoms with Crippen molar-refractivity contribution in [3.63, 3.8) is 0 Å². The second-order valence-corrected chi connectivity index (χ2v) is 10.6. The van der Waals surface area contributed by atoms with Crippen molar-refractivity contribution < 1.29 is 0 Å². The number of aromatic nitrogens is 2. The third kappa shape index (κ3) is 2.88. The van der Waals surface area contributed by atoms with E-state index in [9.17, 15) is 0 Å². The van der Waals surface area contributed by atoms with Crippen molar-refractivity contribution in [1.29, 1.82) is 0 Å². The number of hydrogen-bond donors (Lipinski definition) is 0. The molecule has 2 aromatic heterocycles. The number of para-hydroxylation sites is 2. The minimum absolute atomic E-state index is 1.21. The Bertz CT molecular complexity index is 2250. The van der Waals surface area contributed by atoms with Crippen LogP contribution in [0.15, 0.2) is 146 Å². The molecule has 0 atom stereocenters. The summed E-state index contributed by atoms with van der Waals surface area (Å²) in [7, 11) is 0. The van der Waals surface area contributed by atoms with E-state index in [1.807, 2.05) is 0 Å². The highest BCUT2D eigenvalue weighted by Crippen LogP contribution is 2.49. The Labute approximate surface area is 232 Å². The standard InChI is InChI=1S/C38H24N2/c1-3-11-25(12-4-1)27-19-21-30-32(23-27)29-15-7-9-17-33(29)39-35-22-20-28(26-13-5-2-6-14-26)24-36(35)40-34-18-10-8-16-31(34)37(30)38(39)40/h1-24H. The molecule has 0 radical (unpaired) electrons. The fraction of sp³-hybridized carbons (Fsp3) is 0. The molecular formula is C38H24N2. The van der Waals surface area contributed by atoms with Crippen molar-refractivity contribution in [2.24, 2.45) is 0 Å². The summed E-state index contributed by atoms with van der Waals surface area (Å²) >= 11 is 0. The first-order valence-corrected chi connectivity index (χ1v) is 13.8. The first-order valence-electron chi connectivity index (χ1n) is 13.8. The van der Waals surface area contributed by atoms with Crippen molar-refractivity contribution in [3.05, 3.63) is 146 Å². The molecule has 0 saturated heterocycles. The minimum atomic E-state index is 1.21. The van der Waals surface area contributed by atoms with Gasteiger partial charge in [-0.15, -0.1) is 0 Å². The first kappa shape index (κ1) is 21.6. The molecule has 0 spiro atoms. The first-order chi connectivity index (χ1) is 19.9. The average Bonchev–Trinajstić information content (AvgIpc) is 3.49. The van der Waals surface area contributed by atoms with E-state index in [0.717, 1.165) is 0 Å². The number of rotatable bonds is 2. The fourth-order valence-electron chi connectivity index (χ4n) is 6.70. The van der Waals surface area contributed by atoms with Gasteiger partial charge in [-0.3, -0.25) is 8.97 Å². The fourth-order valence-corrected chi connectivity index (χ4v) is 6.70. The van der Waals surface area contributed by atoms with E-state index >= 15 is 0 Å². The molecule has 0 amide bonds. The summed E-state index contributed by atoms with van der Waals surface area (Å²) < 4.78 is 4.96. The molecular weight excluding hydrogens is 484 g/mol. The van der Waals surface area contributed by atoms with Crippen molar-refractivity contribution in [3.8, 4) is 50.2 Å². The topological polar surface area (TPSA) is 9.34 Å². The average molecular weight is 509 g/mol. The van der Waals surface area contributed by atoms with Crippen molar-refractivity contribution in [2.45, 2.75) is 0 Å². The van der Waals surface area contributed by atoms with Crippen LogP contribution in [0.5, 0.6) is 0 Å². The third-order valence-electron chi connectivity index (χ3n) is 8.46. The van der Waals surface area contributed by atoms with Crippen LogP contribution < -0.4 is 0 Å². The summed E-state index contributed by atoms with van der Waals surface area (Å²) in [5.41, 5.74) is 16.1. The van der Waals surface area contributed by atoms with Gasteiger partial charge in [0.25, 0.3) is 0 Å². The maximum absolute atomic E-state index is 2.48. The Morgan fingerprint density at radius 1 is 0.375 bits per heavy atom. The molecule has 40 heavy (non-hydrogen) atoms. The van der Waals surface area contributed by atoms with Gasteiger partial charge in [0.2, 0.25) is 0 Å². The van der Waals surface area contributed by atoms with Crippen LogP contribution in [0.4, 0.5) is 0 Å². The molecule has 0 unspecified atom stereocenters. The molecule has 0 aliphatic carbocycles. The van der Waals surface area contributed by atoms with E-state index in [-0.39, 0.29) is 0 Å². The zero-order valence-electron chi connectivity index (χ0n) is 21.8. The predicted molar refractivity (Wildman–Crippen MR) is 167 cm³/mol. The normalized spacial score (nSPS) is 12.0. The van der Waals surface area contributed by atoms with Gasteiger partial charge in [0, 0.05) is 16.5 Å². The second-order valence-electron chi connectivity index (χ2n) is 10.6. The maximum atomic E-state index is 2.48. The van der Waals surface area contributed by atoms with E-state index in [4.69, 9.17) is 0 Å². The molecule has 0 saturated carbocycles. The zero-order valence-corrected chi connectivity index (χ0v) is 21.8. The van der Waals surface area contributed by atoms with Crippen molar-refractivity contribution >= 4 is 27.6 Å². The van der Waals surface area contributed by atoms with Gasteiger partial charge < -0.3 is 0 Å². The summed E-state index contributed by atoms with van der Waals surface area (Å²) in [6.07, 6.45) is 0. The highest BCUT2D eigenvalue weighted by atomic mass is 15.1. The molecule has 186 valence electrons. The number of hydrogen-bond acceptors (Lipinski definition) is 0. The monoisotopic (exact) mass is 508 g/mol. The SMILES string of the molecule is c1ccc(-c2ccc3c(c2)-c2ccccc2-n2c4ccc(-c5ccccc5)cc4n4c5ccccc5c-3c24)cc1. The third-order valence-corrected chi connectivity index (χ3v) is 8.46. The smallest absolute Gasteiger partial charge is 0.131 e. The lowest BCUT2D eigenvalue weighted by molar-refractivity contribution is 1.16. The van der Waals surface area contributed by atoms with Crippen LogP contribution in [-0.2, 0) is 0 Å². The summed E-state index contributed by atoms with van der Waals surface area (Å²) in [5, 5.41) is 1.28. The summed E-state index contributed by atoms with van der Waals surface area (Å²) in [4.78, 5) is 0. The summed E-state index contributed by atoms with van der Waals surface area (Å²) in [6, 6.07) is 53.0. The Kier molecular flexibility index (Phi) is 4.36. The highest BCUT2D eigenvalue weighted by molar-refractivity contribution is 6.14. The van der Waals surface area contributed by atoms with Crippen LogP contribution in [0, 0.1) is 0 Å². The molecule has 6 aromatic carbocycles. The van der Waals surface area contributed by atoms with Crippen LogP contribution in [0.1, 0.15) is 0 Å². The molecule has 1 aliphatic rings. The van der Waals surface area contributed by atoms with Gasteiger partial charge in [0.05, 0.1) is 22.2 Å². The molecule has 9 rings (SSSR count). The van der Waals surface area contributed by atoms with E-state index in [1.165, 1.54) is 77.8 Å². The number of benzene rings is 6. The zero-order chi connectivity index (χ0) is 26.2. The van der Waals surface area contributed by atoms with Crippen molar-refractivity contribution in [2.75, 3.05) is 0 Å². The van der Waals surface area contributed by atoms with Gasteiger partial charge in [0.1, 0.15) is 5.65 Å². The number of nitrogens with zero attached hydrogens (tertiary/aromatic N) is 2. The van der Waals surface area contributed by atoms with Gasteiger partial charge in [-0.1, -0.05) is 115 Å². The van der Waals surface area contributed by atoms with Crippen molar-refractivity contribution in [1.82, 2.24) is 8.97 Å². The van der Waals surface area contributed by atoms with E-state index in [2.05, 4.69) is 155 Å². The molecule has 8 aromatic rings. The van der Waals surface area contributed by atoms with Gasteiger partial charge in [-0.2, -0.15) is 0 Å². The molecule has 2 heteroatoms. The quantitative estimate of drug-likeness (QED) is 0.220. The Morgan fingerprint density at radius 2 is 1.02 bits per heavy atom. The lowest BCUT2D eigenvalue weighted by Crippen LogP contribution is -1.95. The largest absolute Gasteiger partial charge is 0.293 e. The van der Waals surface area contributed by atoms with Crippen LogP contribution in [-0.4, -0.2) is 8.97 Å². The maximum Gasteiger partial charge on any atom is 0.131 e. The number of fused-ring (bicyclic) bond motifs is 11. The van der Waals surface area contributed by atoms with Crippen LogP contribution in [0.25, 0.3) is 77.8 Å². The molecule has 1 aliphatic heterocycles. The molecule has 2 nitrogen and oxygen atoms in total. The lowest BCUT2D eigenvalue weighted by Gasteiger charge is -2.13. The Hall–Kier alpha value is -5.34. The predicted octanol–water partition coefficient (Wildman–Crippen LogP) is 10.0. The summed E-state index contributed by atoms with van der Waals surface area (Å²) in [5.74, 6) is 0.